The summed E-state index contributed by atoms with van der Waals surface area (Å²) in [7, 11) is 0. The van der Waals surface area contributed by atoms with Gasteiger partial charge in [-0.2, -0.15) is 9.78 Å². The van der Waals surface area contributed by atoms with Crippen LogP contribution in [0.5, 0.6) is 11.5 Å². The molecule has 33 heavy (non-hydrogen) atoms. The fourth-order valence-corrected chi connectivity index (χ4v) is 3.96. The molecule has 0 amide bonds. The van der Waals surface area contributed by atoms with Crippen LogP contribution in [0, 0.1) is 0 Å². The van der Waals surface area contributed by atoms with Gasteiger partial charge in [-0.05, 0) is 59.3 Å². The van der Waals surface area contributed by atoms with E-state index in [0.29, 0.717) is 44.6 Å². The third-order valence-corrected chi connectivity index (χ3v) is 5.78. The zero-order valence-electron chi connectivity index (χ0n) is 17.5. The topological polar surface area (TPSA) is 89.9 Å². The number of aromatic nitrogens is 2. The van der Waals surface area contributed by atoms with E-state index in [1.54, 1.807) is 24.3 Å². The van der Waals surface area contributed by atoms with Gasteiger partial charge in [0.25, 0.3) is 5.56 Å². The number of hydrogen-bond donors (Lipinski definition) is 1. The highest BCUT2D eigenvalue weighted by Gasteiger charge is 2.16. The van der Waals surface area contributed by atoms with E-state index in [2.05, 4.69) is 26.0 Å². The molecule has 0 radical (unpaired) electrons. The summed E-state index contributed by atoms with van der Waals surface area (Å²) in [6.45, 7) is 2.23. The van der Waals surface area contributed by atoms with Gasteiger partial charge in [0.1, 0.15) is 5.58 Å². The molecule has 0 aliphatic heterocycles. The second-order valence-electron chi connectivity index (χ2n) is 7.24. The lowest BCUT2D eigenvalue weighted by Gasteiger charge is -2.09. The molecule has 5 aromatic rings. The number of benzene rings is 3. The van der Waals surface area contributed by atoms with Crippen molar-refractivity contribution in [1.82, 2.24) is 9.66 Å². The Balaban J connectivity index is 1.70. The van der Waals surface area contributed by atoms with Crippen molar-refractivity contribution >= 4 is 44.0 Å². The molecule has 0 saturated carbocycles. The summed E-state index contributed by atoms with van der Waals surface area (Å²) in [6, 6.07) is 19.7. The Kier molecular flexibility index (Phi) is 5.43. The van der Waals surface area contributed by atoms with Crippen LogP contribution in [-0.2, 0) is 0 Å². The summed E-state index contributed by atoms with van der Waals surface area (Å²) < 4.78 is 13.3. The summed E-state index contributed by atoms with van der Waals surface area (Å²) in [4.78, 5) is 18.0. The highest BCUT2D eigenvalue weighted by molar-refractivity contribution is 9.10. The quantitative estimate of drug-likeness (QED) is 0.317. The first-order valence-corrected chi connectivity index (χ1v) is 11.0. The molecule has 0 aliphatic rings. The monoisotopic (exact) mass is 503 g/mol. The lowest BCUT2D eigenvalue weighted by atomic mass is 10.2. The molecule has 8 heteroatoms. The lowest BCUT2D eigenvalue weighted by Crippen LogP contribution is -2.20. The van der Waals surface area contributed by atoms with Gasteiger partial charge in [-0.3, -0.25) is 4.79 Å². The maximum absolute atomic E-state index is 13.4. The first-order chi connectivity index (χ1) is 16.0. The van der Waals surface area contributed by atoms with E-state index < -0.39 is 0 Å². The van der Waals surface area contributed by atoms with Crippen LogP contribution in [0.2, 0.25) is 0 Å². The third-order valence-electron chi connectivity index (χ3n) is 5.09. The Morgan fingerprint density at radius 3 is 2.76 bits per heavy atom. The molecule has 1 N–H and O–H groups in total. The summed E-state index contributed by atoms with van der Waals surface area (Å²) >= 11 is 3.42. The van der Waals surface area contributed by atoms with Crippen LogP contribution in [0.25, 0.3) is 33.5 Å². The number of ether oxygens (including phenoxy) is 1. The Morgan fingerprint density at radius 1 is 1.15 bits per heavy atom. The van der Waals surface area contributed by atoms with Gasteiger partial charge in [0.15, 0.2) is 17.3 Å². The SMILES string of the molecule is CCOc1cc(C=Nn2c(-c3cc4ccccc4o3)nc3ccccc3c2=O)c(Br)cc1O. The van der Waals surface area contributed by atoms with Gasteiger partial charge >= 0.3 is 0 Å². The van der Waals surface area contributed by atoms with E-state index in [0.717, 1.165) is 5.39 Å². The van der Waals surface area contributed by atoms with Crippen LogP contribution >= 0.6 is 15.9 Å². The molecular formula is C25H18BrN3O4. The molecule has 0 spiro atoms. The first kappa shape index (κ1) is 21.0. The minimum absolute atomic E-state index is 0.00776. The molecule has 0 fully saturated rings. The number of rotatable bonds is 5. The molecule has 2 heterocycles. The molecule has 0 saturated heterocycles. The van der Waals surface area contributed by atoms with Crippen LogP contribution in [0.1, 0.15) is 12.5 Å². The Morgan fingerprint density at radius 2 is 1.94 bits per heavy atom. The Bertz CT molecular complexity index is 1550. The number of hydrogen-bond acceptors (Lipinski definition) is 6. The van der Waals surface area contributed by atoms with Gasteiger partial charge < -0.3 is 14.3 Å². The highest BCUT2D eigenvalue weighted by Crippen LogP contribution is 2.32. The predicted molar refractivity (Wildman–Crippen MR) is 131 cm³/mol. The number of nitrogens with zero attached hydrogens (tertiary/aromatic N) is 3. The number of para-hydroxylation sites is 2. The summed E-state index contributed by atoms with van der Waals surface area (Å²) in [5.74, 6) is 1.04. The number of furan rings is 1. The van der Waals surface area contributed by atoms with Gasteiger partial charge in [-0.1, -0.05) is 30.3 Å². The number of phenolic OH excluding ortho intramolecular Hbond substituents is 1. The molecular weight excluding hydrogens is 486 g/mol. The van der Waals surface area contributed by atoms with Crippen molar-refractivity contribution in [2.45, 2.75) is 6.92 Å². The van der Waals surface area contributed by atoms with E-state index in [1.165, 1.54) is 17.0 Å². The minimum atomic E-state index is -0.327. The van der Waals surface area contributed by atoms with Crippen LogP contribution in [-0.4, -0.2) is 27.6 Å². The molecule has 0 atom stereocenters. The molecule has 0 bridgehead atoms. The second kappa shape index (κ2) is 8.55. The highest BCUT2D eigenvalue weighted by atomic mass is 79.9. The summed E-state index contributed by atoms with van der Waals surface area (Å²) in [5.41, 5.74) is 1.53. The smallest absolute Gasteiger partial charge is 0.282 e. The van der Waals surface area contributed by atoms with E-state index >= 15 is 0 Å². The van der Waals surface area contributed by atoms with Crippen LogP contribution in [0.3, 0.4) is 0 Å². The predicted octanol–water partition coefficient (Wildman–Crippen LogP) is 5.56. The zero-order valence-corrected chi connectivity index (χ0v) is 19.1. The fraction of sp³-hybridized carbons (Fsp3) is 0.0800. The van der Waals surface area contributed by atoms with Gasteiger partial charge in [0.05, 0.1) is 23.7 Å². The Hall–Kier alpha value is -3.91. The molecule has 7 nitrogen and oxygen atoms in total. The third kappa shape index (κ3) is 3.89. The standard InChI is InChI=1S/C25H18BrN3O4/c1-2-32-22-12-16(18(26)13-20(22)30)14-27-29-24(23-11-15-7-3-6-10-21(15)33-23)28-19-9-5-4-8-17(19)25(29)31/h3-14,30H,2H2,1H3. The number of aromatic hydroxyl groups is 1. The molecule has 5 rings (SSSR count). The van der Waals surface area contributed by atoms with Crippen LogP contribution in [0.4, 0.5) is 0 Å². The van der Waals surface area contributed by atoms with E-state index in [4.69, 9.17) is 9.15 Å². The number of halogens is 1. The molecule has 2 aromatic heterocycles. The molecule has 0 unspecified atom stereocenters. The number of phenols is 1. The van der Waals surface area contributed by atoms with Crippen molar-refractivity contribution in [3.8, 4) is 23.1 Å². The average Bonchev–Trinajstić information content (AvgIpc) is 3.25. The maximum Gasteiger partial charge on any atom is 0.282 e. The van der Waals surface area contributed by atoms with E-state index in [1.807, 2.05) is 43.3 Å². The maximum atomic E-state index is 13.4. The van der Waals surface area contributed by atoms with Crippen molar-refractivity contribution in [3.05, 3.63) is 87.1 Å². The van der Waals surface area contributed by atoms with Crippen molar-refractivity contribution in [3.63, 3.8) is 0 Å². The normalized spacial score (nSPS) is 11.6. The van der Waals surface area contributed by atoms with Crippen molar-refractivity contribution < 1.29 is 14.3 Å². The van der Waals surface area contributed by atoms with Crippen LogP contribution < -0.4 is 10.3 Å². The second-order valence-corrected chi connectivity index (χ2v) is 8.09. The Labute approximate surface area is 196 Å². The number of fused-ring (bicyclic) bond motifs is 2. The first-order valence-electron chi connectivity index (χ1n) is 10.3. The minimum Gasteiger partial charge on any atom is -0.504 e. The van der Waals surface area contributed by atoms with Gasteiger partial charge in [-0.25, -0.2) is 4.98 Å². The fourth-order valence-electron chi connectivity index (χ4n) is 3.53. The van der Waals surface area contributed by atoms with E-state index in [-0.39, 0.29) is 17.1 Å². The van der Waals surface area contributed by atoms with Crippen molar-refractivity contribution in [1.29, 1.82) is 0 Å². The molecule has 164 valence electrons. The molecule has 3 aromatic carbocycles. The van der Waals surface area contributed by atoms with Crippen molar-refractivity contribution in [2.75, 3.05) is 6.61 Å². The summed E-state index contributed by atoms with van der Waals surface area (Å²) in [5, 5.41) is 15.9. The zero-order chi connectivity index (χ0) is 22.9. The largest absolute Gasteiger partial charge is 0.504 e. The van der Waals surface area contributed by atoms with Crippen LogP contribution in [0.15, 0.2) is 85.5 Å². The average molecular weight is 504 g/mol. The lowest BCUT2D eigenvalue weighted by molar-refractivity contribution is 0.318. The molecule has 0 aliphatic carbocycles. The van der Waals surface area contributed by atoms with Crippen molar-refractivity contribution in [2.24, 2.45) is 5.10 Å². The van der Waals surface area contributed by atoms with E-state index in [9.17, 15) is 9.90 Å². The van der Waals surface area contributed by atoms with Gasteiger partial charge in [0.2, 0.25) is 5.82 Å². The summed E-state index contributed by atoms with van der Waals surface area (Å²) in [6.07, 6.45) is 1.51. The van der Waals surface area contributed by atoms with Gasteiger partial charge in [-0.15, -0.1) is 0 Å². The van der Waals surface area contributed by atoms with Gasteiger partial charge in [0, 0.05) is 15.4 Å².